The minimum absolute atomic E-state index is 0.821. The summed E-state index contributed by atoms with van der Waals surface area (Å²) in [6.07, 6.45) is 6.81. The fourth-order valence-corrected chi connectivity index (χ4v) is 3.76. The second kappa shape index (κ2) is 7.20. The number of nitrogens with zero attached hydrogens (tertiary/aromatic N) is 1. The third kappa shape index (κ3) is 3.05. The molecule has 0 amide bonds. The lowest BCUT2D eigenvalue weighted by atomic mass is 9.90. The first-order chi connectivity index (χ1) is 12.8. The van der Waals surface area contributed by atoms with E-state index >= 15 is 0 Å². The lowest BCUT2D eigenvalue weighted by Crippen LogP contribution is -2.02. The highest BCUT2D eigenvalue weighted by Crippen LogP contribution is 2.33. The van der Waals surface area contributed by atoms with E-state index < -0.39 is 0 Å². The summed E-state index contributed by atoms with van der Waals surface area (Å²) in [5, 5.41) is 2.14. The zero-order valence-corrected chi connectivity index (χ0v) is 15.3. The third-order valence-electron chi connectivity index (χ3n) is 5.15. The van der Waals surface area contributed by atoms with Gasteiger partial charge in [0.1, 0.15) is 11.5 Å². The number of hydrogen-bond acceptors (Lipinski definition) is 3. The average molecular weight is 345 g/mol. The number of hydrogen-bond donors (Lipinski definition) is 0. The largest absolute Gasteiger partial charge is 0.497 e. The van der Waals surface area contributed by atoms with Gasteiger partial charge in [-0.1, -0.05) is 12.1 Å². The summed E-state index contributed by atoms with van der Waals surface area (Å²) >= 11 is 0. The van der Waals surface area contributed by atoms with Crippen LogP contribution in [0.5, 0.6) is 11.5 Å². The summed E-state index contributed by atoms with van der Waals surface area (Å²) in [5.74, 6) is 1.66. The van der Waals surface area contributed by atoms with Gasteiger partial charge < -0.3 is 9.47 Å². The number of methoxy groups -OCH3 is 2. The van der Waals surface area contributed by atoms with Gasteiger partial charge in [-0.25, -0.2) is 0 Å². The van der Waals surface area contributed by atoms with E-state index in [2.05, 4.69) is 30.3 Å². The molecular weight excluding hydrogens is 322 g/mol. The van der Waals surface area contributed by atoms with E-state index in [9.17, 15) is 0 Å². The molecule has 0 fully saturated rings. The van der Waals surface area contributed by atoms with Crippen molar-refractivity contribution in [3.8, 4) is 11.5 Å². The number of fused-ring (bicyclic) bond motifs is 2. The van der Waals surface area contributed by atoms with Crippen molar-refractivity contribution < 1.29 is 9.47 Å². The van der Waals surface area contributed by atoms with Crippen molar-refractivity contribution in [3.63, 3.8) is 0 Å². The molecule has 0 aliphatic heterocycles. The molecule has 0 spiro atoms. The van der Waals surface area contributed by atoms with Crippen LogP contribution in [-0.4, -0.2) is 20.4 Å². The summed E-state index contributed by atoms with van der Waals surface area (Å²) in [6, 6.07) is 16.6. The van der Waals surface area contributed by atoms with Gasteiger partial charge in [0, 0.05) is 17.2 Å². The molecule has 26 heavy (non-hydrogen) atoms. The minimum atomic E-state index is 0.821. The first kappa shape index (κ1) is 16.6. The van der Waals surface area contributed by atoms with E-state index in [-0.39, 0.29) is 0 Å². The van der Waals surface area contributed by atoms with E-state index in [1.165, 1.54) is 30.4 Å². The summed E-state index contributed by atoms with van der Waals surface area (Å²) in [6.45, 7) is 0. The minimum Gasteiger partial charge on any atom is -0.497 e. The SMILES string of the molecule is COc1ccc2c(C=Nc3cccc4c3CCCC4)ccc(OC)c2c1. The highest BCUT2D eigenvalue weighted by Gasteiger charge is 2.12. The summed E-state index contributed by atoms with van der Waals surface area (Å²) in [4.78, 5) is 4.84. The van der Waals surface area contributed by atoms with E-state index in [4.69, 9.17) is 14.5 Å². The maximum atomic E-state index is 5.52. The van der Waals surface area contributed by atoms with E-state index in [0.717, 1.165) is 39.9 Å². The van der Waals surface area contributed by atoms with Crippen molar-refractivity contribution >= 4 is 22.7 Å². The van der Waals surface area contributed by atoms with Crippen LogP contribution in [0, 0.1) is 0 Å². The Morgan fingerprint density at radius 1 is 0.885 bits per heavy atom. The number of benzene rings is 3. The van der Waals surface area contributed by atoms with Gasteiger partial charge in [-0.3, -0.25) is 4.99 Å². The summed E-state index contributed by atoms with van der Waals surface area (Å²) in [5.41, 5.74) is 5.04. The molecule has 0 saturated heterocycles. The zero-order valence-electron chi connectivity index (χ0n) is 15.3. The third-order valence-corrected chi connectivity index (χ3v) is 5.15. The van der Waals surface area contributed by atoms with Gasteiger partial charge in [0.2, 0.25) is 0 Å². The molecule has 132 valence electrons. The van der Waals surface area contributed by atoms with Gasteiger partial charge in [-0.2, -0.15) is 0 Å². The Morgan fingerprint density at radius 3 is 2.62 bits per heavy atom. The number of aryl methyl sites for hydroxylation is 1. The molecule has 0 heterocycles. The number of aliphatic imine (C=N–C) groups is 1. The predicted octanol–water partition coefficient (Wildman–Crippen LogP) is 5.49. The lowest BCUT2D eigenvalue weighted by Gasteiger charge is -2.17. The van der Waals surface area contributed by atoms with Crippen molar-refractivity contribution in [3.05, 3.63) is 65.2 Å². The van der Waals surface area contributed by atoms with Crippen molar-refractivity contribution in [1.29, 1.82) is 0 Å². The fourth-order valence-electron chi connectivity index (χ4n) is 3.76. The molecule has 3 aromatic carbocycles. The van der Waals surface area contributed by atoms with Gasteiger partial charge in [-0.05, 0) is 78.6 Å². The van der Waals surface area contributed by atoms with Crippen LogP contribution >= 0.6 is 0 Å². The van der Waals surface area contributed by atoms with E-state index in [1.54, 1.807) is 14.2 Å². The molecule has 3 nitrogen and oxygen atoms in total. The Morgan fingerprint density at radius 2 is 1.77 bits per heavy atom. The molecule has 3 aromatic rings. The predicted molar refractivity (Wildman–Crippen MR) is 107 cm³/mol. The normalized spacial score (nSPS) is 13.8. The fraction of sp³-hybridized carbons (Fsp3) is 0.261. The van der Waals surface area contributed by atoms with Crippen molar-refractivity contribution in [2.75, 3.05) is 14.2 Å². The first-order valence-corrected chi connectivity index (χ1v) is 9.10. The summed E-state index contributed by atoms with van der Waals surface area (Å²) < 4.78 is 10.9. The highest BCUT2D eigenvalue weighted by atomic mass is 16.5. The standard InChI is InChI=1S/C23H23NO2/c1-25-18-11-12-19-17(10-13-23(26-2)21(19)14-18)15-24-22-9-5-7-16-6-3-4-8-20(16)22/h5,7,9-15H,3-4,6,8H2,1-2H3. The molecular formula is C23H23NO2. The average Bonchev–Trinajstić information content (AvgIpc) is 2.71. The second-order valence-electron chi connectivity index (χ2n) is 6.65. The maximum absolute atomic E-state index is 5.52. The molecule has 0 unspecified atom stereocenters. The molecule has 0 bridgehead atoms. The van der Waals surface area contributed by atoms with Crippen LogP contribution in [0.25, 0.3) is 10.8 Å². The van der Waals surface area contributed by atoms with Gasteiger partial charge in [0.25, 0.3) is 0 Å². The van der Waals surface area contributed by atoms with Crippen LogP contribution in [-0.2, 0) is 12.8 Å². The quantitative estimate of drug-likeness (QED) is 0.586. The zero-order chi connectivity index (χ0) is 17.9. The molecule has 0 atom stereocenters. The number of rotatable bonds is 4. The molecule has 1 aliphatic carbocycles. The highest BCUT2D eigenvalue weighted by molar-refractivity contribution is 6.03. The first-order valence-electron chi connectivity index (χ1n) is 9.10. The Kier molecular flexibility index (Phi) is 4.61. The van der Waals surface area contributed by atoms with E-state index in [0.29, 0.717) is 0 Å². The Labute approximate surface area is 154 Å². The molecule has 0 N–H and O–H groups in total. The Balaban J connectivity index is 1.77. The molecule has 3 heteroatoms. The second-order valence-corrected chi connectivity index (χ2v) is 6.65. The Hall–Kier alpha value is -2.81. The topological polar surface area (TPSA) is 30.8 Å². The van der Waals surface area contributed by atoms with Crippen molar-refractivity contribution in [2.45, 2.75) is 25.7 Å². The van der Waals surface area contributed by atoms with Crippen LogP contribution < -0.4 is 9.47 Å². The van der Waals surface area contributed by atoms with Crippen LogP contribution in [0.4, 0.5) is 5.69 Å². The summed E-state index contributed by atoms with van der Waals surface area (Å²) in [7, 11) is 3.37. The molecule has 0 radical (unpaired) electrons. The monoisotopic (exact) mass is 345 g/mol. The smallest absolute Gasteiger partial charge is 0.126 e. The van der Waals surface area contributed by atoms with Gasteiger partial charge in [0.15, 0.2) is 0 Å². The molecule has 4 rings (SSSR count). The number of ether oxygens (including phenoxy) is 2. The molecule has 0 aromatic heterocycles. The lowest BCUT2D eigenvalue weighted by molar-refractivity contribution is 0.412. The van der Waals surface area contributed by atoms with Crippen LogP contribution in [0.2, 0.25) is 0 Å². The van der Waals surface area contributed by atoms with Crippen LogP contribution in [0.3, 0.4) is 0 Å². The van der Waals surface area contributed by atoms with E-state index in [1.807, 2.05) is 24.4 Å². The Bertz CT molecular complexity index is 975. The van der Waals surface area contributed by atoms with Crippen LogP contribution in [0.15, 0.2) is 53.5 Å². The molecule has 0 saturated carbocycles. The molecule has 1 aliphatic rings. The van der Waals surface area contributed by atoms with Crippen LogP contribution in [0.1, 0.15) is 29.5 Å². The van der Waals surface area contributed by atoms with Gasteiger partial charge in [-0.15, -0.1) is 0 Å². The van der Waals surface area contributed by atoms with Gasteiger partial charge in [0.05, 0.1) is 19.9 Å². The van der Waals surface area contributed by atoms with Crippen molar-refractivity contribution in [1.82, 2.24) is 0 Å². The van der Waals surface area contributed by atoms with Crippen molar-refractivity contribution in [2.24, 2.45) is 4.99 Å². The maximum Gasteiger partial charge on any atom is 0.126 e. The van der Waals surface area contributed by atoms with Gasteiger partial charge >= 0.3 is 0 Å².